The normalized spacial score (nSPS) is 10.3. The number of nitrogens with zero attached hydrogens (tertiary/aromatic N) is 1. The zero-order chi connectivity index (χ0) is 10.8. The SMILES string of the molecule is COc1cc(Br)ccc1-c1nc(=S)[nH][nH]1. The van der Waals surface area contributed by atoms with Crippen LogP contribution < -0.4 is 4.74 Å². The van der Waals surface area contributed by atoms with Crippen LogP contribution in [0.25, 0.3) is 11.4 Å². The molecule has 6 heteroatoms. The van der Waals surface area contributed by atoms with Gasteiger partial charge in [-0.2, -0.15) is 4.98 Å². The van der Waals surface area contributed by atoms with E-state index in [1.165, 1.54) is 0 Å². The third-order valence-electron chi connectivity index (χ3n) is 1.92. The number of hydrogen-bond donors (Lipinski definition) is 2. The van der Waals surface area contributed by atoms with Gasteiger partial charge in [-0.15, -0.1) is 0 Å². The maximum absolute atomic E-state index is 5.25. The minimum Gasteiger partial charge on any atom is -0.496 e. The predicted octanol–water partition coefficient (Wildman–Crippen LogP) is 2.91. The number of hydrogen-bond acceptors (Lipinski definition) is 3. The molecule has 2 rings (SSSR count). The fourth-order valence-electron chi connectivity index (χ4n) is 1.26. The molecule has 0 saturated carbocycles. The smallest absolute Gasteiger partial charge is 0.213 e. The Morgan fingerprint density at radius 1 is 1.40 bits per heavy atom. The molecule has 1 aromatic heterocycles. The average Bonchev–Trinajstić information content (AvgIpc) is 2.64. The van der Waals surface area contributed by atoms with Gasteiger partial charge in [-0.05, 0) is 30.4 Å². The second-order valence-electron chi connectivity index (χ2n) is 2.86. The Morgan fingerprint density at radius 3 is 2.80 bits per heavy atom. The highest BCUT2D eigenvalue weighted by molar-refractivity contribution is 9.10. The largest absolute Gasteiger partial charge is 0.496 e. The molecule has 15 heavy (non-hydrogen) atoms. The maximum Gasteiger partial charge on any atom is 0.213 e. The molecule has 0 bridgehead atoms. The van der Waals surface area contributed by atoms with Crippen LogP contribution in [0.15, 0.2) is 22.7 Å². The number of aromatic nitrogens is 3. The topological polar surface area (TPSA) is 53.7 Å². The number of rotatable bonds is 2. The summed E-state index contributed by atoms with van der Waals surface area (Å²) in [5.41, 5.74) is 0.869. The zero-order valence-electron chi connectivity index (χ0n) is 7.87. The first-order valence-electron chi connectivity index (χ1n) is 4.19. The van der Waals surface area contributed by atoms with Crippen molar-refractivity contribution in [2.75, 3.05) is 7.11 Å². The van der Waals surface area contributed by atoms with Crippen LogP contribution in [0.3, 0.4) is 0 Å². The first-order valence-corrected chi connectivity index (χ1v) is 5.39. The molecule has 0 fully saturated rings. The minimum atomic E-state index is 0.426. The van der Waals surface area contributed by atoms with Gasteiger partial charge in [-0.3, -0.25) is 10.2 Å². The van der Waals surface area contributed by atoms with E-state index in [4.69, 9.17) is 17.0 Å². The molecular weight excluding hydrogens is 278 g/mol. The second kappa shape index (κ2) is 4.16. The third kappa shape index (κ3) is 2.10. The number of halogens is 1. The summed E-state index contributed by atoms with van der Waals surface area (Å²) in [4.78, 5) is 4.13. The van der Waals surface area contributed by atoms with Crippen LogP contribution in [0.2, 0.25) is 0 Å². The zero-order valence-corrected chi connectivity index (χ0v) is 10.3. The highest BCUT2D eigenvalue weighted by atomic mass is 79.9. The molecule has 0 spiro atoms. The third-order valence-corrected chi connectivity index (χ3v) is 2.61. The lowest BCUT2D eigenvalue weighted by Crippen LogP contribution is -1.89. The molecular formula is C9H8BrN3OS. The Kier molecular flexibility index (Phi) is 2.88. The summed E-state index contributed by atoms with van der Waals surface area (Å²) in [6.07, 6.45) is 0. The Morgan fingerprint density at radius 2 is 2.20 bits per heavy atom. The summed E-state index contributed by atoms with van der Waals surface area (Å²) in [6, 6.07) is 5.70. The van der Waals surface area contributed by atoms with E-state index in [-0.39, 0.29) is 0 Å². The highest BCUT2D eigenvalue weighted by Crippen LogP contribution is 2.29. The van der Waals surface area contributed by atoms with Gasteiger partial charge in [0.05, 0.1) is 12.7 Å². The Hall–Kier alpha value is -1.14. The molecule has 1 aromatic carbocycles. The van der Waals surface area contributed by atoms with Crippen molar-refractivity contribution in [2.24, 2.45) is 0 Å². The van der Waals surface area contributed by atoms with E-state index in [0.717, 1.165) is 15.8 Å². The van der Waals surface area contributed by atoms with Gasteiger partial charge in [0.2, 0.25) is 4.77 Å². The fourth-order valence-corrected chi connectivity index (χ4v) is 1.74. The highest BCUT2D eigenvalue weighted by Gasteiger charge is 2.08. The standard InChI is InChI=1S/C9H8BrN3OS/c1-14-7-4-5(10)2-3-6(7)8-11-9(15)13-12-8/h2-4H,1H3,(H2,11,12,13,15). The lowest BCUT2D eigenvalue weighted by atomic mass is 10.2. The van der Waals surface area contributed by atoms with Crippen molar-refractivity contribution >= 4 is 28.1 Å². The first-order chi connectivity index (χ1) is 7.20. The van der Waals surface area contributed by atoms with Crippen LogP contribution in [0.5, 0.6) is 5.75 Å². The summed E-state index contributed by atoms with van der Waals surface area (Å²) in [5, 5.41) is 5.62. The van der Waals surface area contributed by atoms with Gasteiger partial charge in [0.1, 0.15) is 5.75 Å². The molecule has 0 saturated heterocycles. The number of ether oxygens (including phenoxy) is 1. The molecule has 0 aliphatic heterocycles. The molecule has 78 valence electrons. The predicted molar refractivity (Wildman–Crippen MR) is 63.5 cm³/mol. The molecule has 2 N–H and O–H groups in total. The van der Waals surface area contributed by atoms with Gasteiger partial charge in [0.15, 0.2) is 5.82 Å². The summed E-state index contributed by atoms with van der Waals surface area (Å²) in [6.45, 7) is 0. The van der Waals surface area contributed by atoms with Crippen LogP contribution in [0, 0.1) is 4.77 Å². The van der Waals surface area contributed by atoms with E-state index in [0.29, 0.717) is 10.6 Å². The van der Waals surface area contributed by atoms with E-state index in [1.54, 1.807) is 7.11 Å². The van der Waals surface area contributed by atoms with Gasteiger partial charge < -0.3 is 4.74 Å². The van der Waals surface area contributed by atoms with E-state index >= 15 is 0 Å². The fraction of sp³-hybridized carbons (Fsp3) is 0.111. The first kappa shape index (κ1) is 10.4. The van der Waals surface area contributed by atoms with Crippen LogP contribution in [-0.2, 0) is 0 Å². The maximum atomic E-state index is 5.25. The van der Waals surface area contributed by atoms with Crippen molar-refractivity contribution in [2.45, 2.75) is 0 Å². The number of methoxy groups -OCH3 is 1. The van der Waals surface area contributed by atoms with Crippen molar-refractivity contribution in [1.82, 2.24) is 15.2 Å². The number of benzene rings is 1. The minimum absolute atomic E-state index is 0.426. The monoisotopic (exact) mass is 285 g/mol. The van der Waals surface area contributed by atoms with Crippen molar-refractivity contribution in [3.63, 3.8) is 0 Å². The number of aromatic amines is 2. The van der Waals surface area contributed by atoms with Gasteiger partial charge in [0, 0.05) is 4.47 Å². The Bertz CT molecular complexity index is 534. The molecule has 0 radical (unpaired) electrons. The van der Waals surface area contributed by atoms with Crippen LogP contribution in [0.1, 0.15) is 0 Å². The van der Waals surface area contributed by atoms with Gasteiger partial charge in [-0.1, -0.05) is 15.9 Å². The molecule has 4 nitrogen and oxygen atoms in total. The number of nitrogens with one attached hydrogen (secondary N) is 2. The molecule has 0 unspecified atom stereocenters. The van der Waals surface area contributed by atoms with Gasteiger partial charge in [0.25, 0.3) is 0 Å². The van der Waals surface area contributed by atoms with Crippen molar-refractivity contribution < 1.29 is 4.74 Å². The van der Waals surface area contributed by atoms with Crippen molar-refractivity contribution in [3.8, 4) is 17.1 Å². The molecule has 0 amide bonds. The van der Waals surface area contributed by atoms with Gasteiger partial charge >= 0.3 is 0 Å². The Balaban J connectivity index is 2.57. The molecule has 0 atom stereocenters. The summed E-state index contributed by atoms with van der Waals surface area (Å²) < 4.78 is 6.63. The van der Waals surface area contributed by atoms with Crippen LogP contribution in [-0.4, -0.2) is 22.3 Å². The lowest BCUT2D eigenvalue weighted by Gasteiger charge is -2.05. The number of H-pyrrole nitrogens is 2. The second-order valence-corrected chi connectivity index (χ2v) is 4.16. The van der Waals surface area contributed by atoms with E-state index in [2.05, 4.69) is 31.1 Å². The Labute approximate surface area is 99.8 Å². The summed E-state index contributed by atoms with van der Waals surface area (Å²) in [7, 11) is 1.62. The van der Waals surface area contributed by atoms with E-state index in [9.17, 15) is 0 Å². The van der Waals surface area contributed by atoms with Crippen molar-refractivity contribution in [1.29, 1.82) is 0 Å². The molecule has 2 aromatic rings. The van der Waals surface area contributed by atoms with Crippen molar-refractivity contribution in [3.05, 3.63) is 27.4 Å². The molecule has 1 heterocycles. The van der Waals surface area contributed by atoms with E-state index in [1.807, 2.05) is 18.2 Å². The quantitative estimate of drug-likeness (QED) is 0.835. The van der Waals surface area contributed by atoms with Crippen LogP contribution in [0.4, 0.5) is 0 Å². The van der Waals surface area contributed by atoms with Crippen LogP contribution >= 0.6 is 28.1 Å². The lowest BCUT2D eigenvalue weighted by molar-refractivity contribution is 0.416. The molecule has 0 aliphatic carbocycles. The van der Waals surface area contributed by atoms with Gasteiger partial charge in [-0.25, -0.2) is 0 Å². The summed E-state index contributed by atoms with van der Waals surface area (Å²) >= 11 is 8.27. The van der Waals surface area contributed by atoms with E-state index < -0.39 is 0 Å². The molecule has 0 aliphatic rings. The summed E-state index contributed by atoms with van der Waals surface area (Å²) in [5.74, 6) is 1.41. The average molecular weight is 286 g/mol.